The Kier molecular flexibility index (Phi) is 3.74. The molecule has 0 bridgehead atoms. The van der Waals surface area contributed by atoms with Gasteiger partial charge in [0.2, 0.25) is 0 Å². The van der Waals surface area contributed by atoms with E-state index in [4.69, 9.17) is 0 Å². The molecule has 0 aliphatic carbocycles. The molecule has 0 aliphatic heterocycles. The van der Waals surface area contributed by atoms with Gasteiger partial charge in [0, 0.05) is 17.8 Å². The van der Waals surface area contributed by atoms with Crippen LogP contribution >= 0.6 is 0 Å². The number of nitrogens with zero attached hydrogens (tertiary/aromatic N) is 2. The van der Waals surface area contributed by atoms with Gasteiger partial charge in [-0.1, -0.05) is 25.5 Å². The maximum absolute atomic E-state index is 12.9. The molecular formula is C17H18N2O2S. The van der Waals surface area contributed by atoms with E-state index in [1.807, 2.05) is 25.1 Å². The topological polar surface area (TPSA) is 52.0 Å². The minimum absolute atomic E-state index is 0.290. The summed E-state index contributed by atoms with van der Waals surface area (Å²) in [5.74, 6) is 0. The van der Waals surface area contributed by atoms with Gasteiger partial charge in [-0.2, -0.15) is 0 Å². The molecule has 3 rings (SSSR count). The Labute approximate surface area is 130 Å². The summed E-state index contributed by atoms with van der Waals surface area (Å²) >= 11 is 0. The van der Waals surface area contributed by atoms with Crippen molar-refractivity contribution in [3.8, 4) is 0 Å². The molecule has 2 heterocycles. The smallest absolute Gasteiger partial charge is 0.237 e. The third-order valence-electron chi connectivity index (χ3n) is 3.68. The summed E-state index contributed by atoms with van der Waals surface area (Å²) in [6.45, 7) is 3.96. The number of hydrogen-bond donors (Lipinski definition) is 0. The lowest BCUT2D eigenvalue weighted by Crippen LogP contribution is -2.12. The van der Waals surface area contributed by atoms with Crippen molar-refractivity contribution in [2.45, 2.75) is 31.6 Å². The second-order valence-electron chi connectivity index (χ2n) is 5.40. The first-order valence-electron chi connectivity index (χ1n) is 7.31. The summed E-state index contributed by atoms with van der Waals surface area (Å²) in [4.78, 5) is 4.57. The summed E-state index contributed by atoms with van der Waals surface area (Å²) < 4.78 is 27.2. The fourth-order valence-corrected chi connectivity index (χ4v) is 4.09. The summed E-state index contributed by atoms with van der Waals surface area (Å²) in [6, 6.07) is 10.7. The maximum Gasteiger partial charge on any atom is 0.269 e. The molecule has 5 heteroatoms. The van der Waals surface area contributed by atoms with E-state index in [0.717, 1.165) is 29.4 Å². The summed E-state index contributed by atoms with van der Waals surface area (Å²) in [6.07, 6.45) is 5.12. The van der Waals surface area contributed by atoms with Crippen LogP contribution in [-0.2, 0) is 16.4 Å². The normalized spacial score (nSPS) is 11.9. The number of aromatic nitrogens is 2. The van der Waals surface area contributed by atoms with Crippen molar-refractivity contribution in [3.05, 3.63) is 59.9 Å². The second kappa shape index (κ2) is 5.57. The van der Waals surface area contributed by atoms with Crippen LogP contribution in [0.1, 0.15) is 24.5 Å². The third kappa shape index (κ3) is 2.41. The van der Waals surface area contributed by atoms with Crippen LogP contribution in [0.5, 0.6) is 0 Å². The quantitative estimate of drug-likeness (QED) is 0.740. The first-order valence-corrected chi connectivity index (χ1v) is 8.75. The first kappa shape index (κ1) is 14.8. The van der Waals surface area contributed by atoms with Crippen molar-refractivity contribution in [1.82, 2.24) is 8.96 Å². The lowest BCUT2D eigenvalue weighted by atomic mass is 10.1. The maximum atomic E-state index is 12.9. The minimum atomic E-state index is -3.63. The van der Waals surface area contributed by atoms with Crippen molar-refractivity contribution in [2.75, 3.05) is 0 Å². The molecule has 3 aromatic rings. The summed E-state index contributed by atoms with van der Waals surface area (Å²) in [7, 11) is -3.63. The van der Waals surface area contributed by atoms with E-state index >= 15 is 0 Å². The van der Waals surface area contributed by atoms with Crippen molar-refractivity contribution in [3.63, 3.8) is 0 Å². The van der Waals surface area contributed by atoms with Crippen LogP contribution in [-0.4, -0.2) is 17.4 Å². The van der Waals surface area contributed by atoms with Gasteiger partial charge in [-0.3, -0.25) is 0 Å². The average Bonchev–Trinajstić information content (AvgIpc) is 2.88. The highest BCUT2D eigenvalue weighted by Gasteiger charge is 2.21. The molecule has 0 saturated heterocycles. The van der Waals surface area contributed by atoms with E-state index in [1.165, 1.54) is 3.97 Å². The molecule has 0 saturated carbocycles. The Morgan fingerprint density at radius 1 is 1.18 bits per heavy atom. The lowest BCUT2D eigenvalue weighted by Gasteiger charge is -2.07. The van der Waals surface area contributed by atoms with Crippen molar-refractivity contribution < 1.29 is 8.42 Å². The SMILES string of the molecule is CCCc1cn(S(=O)(=O)c2cccc(C)c2)c2ncccc12. The van der Waals surface area contributed by atoms with E-state index in [-0.39, 0.29) is 4.90 Å². The van der Waals surface area contributed by atoms with Gasteiger partial charge in [0.1, 0.15) is 0 Å². The fraction of sp³-hybridized carbons (Fsp3) is 0.235. The molecule has 0 amide bonds. The van der Waals surface area contributed by atoms with E-state index in [9.17, 15) is 8.42 Å². The van der Waals surface area contributed by atoms with Gasteiger partial charge in [-0.15, -0.1) is 0 Å². The van der Waals surface area contributed by atoms with E-state index < -0.39 is 10.0 Å². The van der Waals surface area contributed by atoms with Gasteiger partial charge >= 0.3 is 0 Å². The average molecular weight is 314 g/mol. The van der Waals surface area contributed by atoms with E-state index in [2.05, 4.69) is 11.9 Å². The van der Waals surface area contributed by atoms with Gasteiger partial charge in [0.05, 0.1) is 4.90 Å². The molecule has 114 valence electrons. The predicted molar refractivity (Wildman–Crippen MR) is 87.5 cm³/mol. The Morgan fingerprint density at radius 2 is 2.00 bits per heavy atom. The zero-order chi connectivity index (χ0) is 15.7. The monoisotopic (exact) mass is 314 g/mol. The van der Waals surface area contributed by atoms with Gasteiger partial charge in [-0.25, -0.2) is 17.4 Å². The Bertz CT molecular complexity index is 927. The molecule has 0 N–H and O–H groups in total. The Morgan fingerprint density at radius 3 is 2.73 bits per heavy atom. The van der Waals surface area contributed by atoms with E-state index in [0.29, 0.717) is 5.65 Å². The third-order valence-corrected chi connectivity index (χ3v) is 5.33. The van der Waals surface area contributed by atoms with Crippen LogP contribution in [0.4, 0.5) is 0 Å². The highest BCUT2D eigenvalue weighted by molar-refractivity contribution is 7.90. The Balaban J connectivity index is 2.25. The van der Waals surface area contributed by atoms with Crippen LogP contribution in [0, 0.1) is 6.92 Å². The van der Waals surface area contributed by atoms with Gasteiger partial charge < -0.3 is 0 Å². The number of benzene rings is 1. The Hall–Kier alpha value is -2.14. The molecule has 1 aromatic carbocycles. The molecule has 4 nitrogen and oxygen atoms in total. The highest BCUT2D eigenvalue weighted by atomic mass is 32.2. The van der Waals surface area contributed by atoms with Crippen molar-refractivity contribution >= 4 is 21.1 Å². The van der Waals surface area contributed by atoms with Crippen molar-refractivity contribution in [2.24, 2.45) is 0 Å². The van der Waals surface area contributed by atoms with Crippen LogP contribution in [0.25, 0.3) is 11.0 Å². The van der Waals surface area contributed by atoms with Gasteiger partial charge in [0.15, 0.2) is 5.65 Å². The first-order chi connectivity index (χ1) is 10.5. The zero-order valence-corrected chi connectivity index (χ0v) is 13.5. The zero-order valence-electron chi connectivity index (χ0n) is 12.7. The number of hydrogen-bond acceptors (Lipinski definition) is 3. The van der Waals surface area contributed by atoms with Gasteiger partial charge in [0.25, 0.3) is 10.0 Å². The molecular weight excluding hydrogens is 296 g/mol. The number of pyridine rings is 1. The molecule has 0 unspecified atom stereocenters. The largest absolute Gasteiger partial charge is 0.269 e. The van der Waals surface area contributed by atoms with E-state index in [1.54, 1.807) is 30.6 Å². The number of rotatable bonds is 4. The van der Waals surface area contributed by atoms with Crippen molar-refractivity contribution in [1.29, 1.82) is 0 Å². The van der Waals surface area contributed by atoms with Crippen LogP contribution in [0.3, 0.4) is 0 Å². The molecule has 0 aliphatic rings. The van der Waals surface area contributed by atoms with Gasteiger partial charge in [-0.05, 0) is 48.7 Å². The number of fused-ring (bicyclic) bond motifs is 1. The summed E-state index contributed by atoms with van der Waals surface area (Å²) in [5, 5.41) is 0.903. The molecule has 0 fully saturated rings. The molecule has 0 radical (unpaired) electrons. The minimum Gasteiger partial charge on any atom is -0.237 e. The lowest BCUT2D eigenvalue weighted by molar-refractivity contribution is 0.588. The summed E-state index contributed by atoms with van der Waals surface area (Å²) in [5.41, 5.74) is 2.42. The molecule has 22 heavy (non-hydrogen) atoms. The predicted octanol–water partition coefficient (Wildman–Crippen LogP) is 3.53. The molecule has 0 atom stereocenters. The number of aryl methyl sites for hydroxylation is 2. The molecule has 0 spiro atoms. The van der Waals surface area contributed by atoms with Crippen LogP contribution < -0.4 is 0 Å². The molecule has 2 aromatic heterocycles. The van der Waals surface area contributed by atoms with Crippen LogP contribution in [0.15, 0.2) is 53.7 Å². The highest BCUT2D eigenvalue weighted by Crippen LogP contribution is 2.25. The fourth-order valence-electron chi connectivity index (χ4n) is 2.64. The van der Waals surface area contributed by atoms with Crippen LogP contribution in [0.2, 0.25) is 0 Å². The second-order valence-corrected chi connectivity index (χ2v) is 7.21. The standard InChI is InChI=1S/C17H18N2O2S/c1-3-6-14-12-19(17-16(14)9-5-10-18-17)22(20,21)15-8-4-7-13(2)11-15/h4-5,7-12H,3,6H2,1-2H3.